The Labute approximate surface area is 86.6 Å². The summed E-state index contributed by atoms with van der Waals surface area (Å²) >= 11 is 3.47. The maximum Gasteiger partial charge on any atom is 0.212 e. The molecule has 0 heterocycles. The Kier molecular flexibility index (Phi) is 3.09. The lowest BCUT2D eigenvalue weighted by molar-refractivity contribution is 0.401. The third kappa shape index (κ3) is 2.10. The molecule has 1 aromatic carbocycles. The van der Waals surface area contributed by atoms with Gasteiger partial charge in [-0.15, -0.1) is 0 Å². The van der Waals surface area contributed by atoms with Crippen LogP contribution in [0.3, 0.4) is 0 Å². The average Bonchev–Trinajstić information content (AvgIpc) is 2.12. The maximum absolute atomic E-state index is 7.50. The number of benzene rings is 1. The lowest BCUT2D eigenvalue weighted by Gasteiger charge is -2.07. The Morgan fingerprint density at radius 3 is 2.15 bits per heavy atom. The van der Waals surface area contributed by atoms with Crippen molar-refractivity contribution in [1.29, 1.82) is 5.41 Å². The summed E-state index contributed by atoms with van der Waals surface area (Å²) in [5.74, 6) is 0.207. The van der Waals surface area contributed by atoms with Crippen molar-refractivity contribution in [1.82, 2.24) is 0 Å². The van der Waals surface area contributed by atoms with Crippen molar-refractivity contribution in [2.24, 2.45) is 0 Å². The van der Waals surface area contributed by atoms with Crippen molar-refractivity contribution in [3.63, 3.8) is 0 Å². The first-order valence-corrected chi connectivity index (χ1v) is 4.75. The highest BCUT2D eigenvalue weighted by atomic mass is 79.9. The molecule has 0 fully saturated rings. The number of rotatable bonds is 1. The highest BCUT2D eigenvalue weighted by Crippen LogP contribution is 2.22. The van der Waals surface area contributed by atoms with Gasteiger partial charge in [-0.3, -0.25) is 5.41 Å². The molecule has 70 valence electrons. The Morgan fingerprint density at radius 1 is 1.31 bits per heavy atom. The lowest BCUT2D eigenvalue weighted by atomic mass is 10.1. The molecule has 0 aromatic heterocycles. The second kappa shape index (κ2) is 3.92. The smallest absolute Gasteiger partial charge is 0.212 e. The van der Waals surface area contributed by atoms with E-state index < -0.39 is 0 Å². The summed E-state index contributed by atoms with van der Waals surface area (Å²) in [6.07, 6.45) is 0. The minimum absolute atomic E-state index is 0.207. The molecule has 0 saturated carbocycles. The SMILES string of the molecule is COC(=N)c1cc(C)c(Br)c(C)c1. The van der Waals surface area contributed by atoms with Gasteiger partial charge >= 0.3 is 0 Å². The van der Waals surface area contributed by atoms with Crippen LogP contribution in [0.5, 0.6) is 0 Å². The predicted octanol–water partition coefficient (Wildman–Crippen LogP) is 3.04. The third-order valence-corrected chi connectivity index (χ3v) is 3.15. The fraction of sp³-hybridized carbons (Fsp3) is 0.300. The third-order valence-electron chi connectivity index (χ3n) is 1.90. The van der Waals surface area contributed by atoms with Crippen LogP contribution in [0, 0.1) is 19.3 Å². The van der Waals surface area contributed by atoms with E-state index in [1.54, 1.807) is 0 Å². The van der Waals surface area contributed by atoms with Crippen molar-refractivity contribution < 1.29 is 4.74 Å². The molecule has 13 heavy (non-hydrogen) atoms. The van der Waals surface area contributed by atoms with E-state index in [-0.39, 0.29) is 5.90 Å². The van der Waals surface area contributed by atoms with Crippen molar-refractivity contribution in [2.75, 3.05) is 7.11 Å². The second-order valence-corrected chi connectivity index (χ2v) is 3.75. The zero-order valence-corrected chi connectivity index (χ0v) is 9.53. The molecule has 0 atom stereocenters. The molecule has 1 rings (SSSR count). The summed E-state index contributed by atoms with van der Waals surface area (Å²) in [7, 11) is 1.51. The van der Waals surface area contributed by atoms with E-state index in [9.17, 15) is 0 Å². The van der Waals surface area contributed by atoms with Gasteiger partial charge in [-0.2, -0.15) is 0 Å². The van der Waals surface area contributed by atoms with Gasteiger partial charge in [0.2, 0.25) is 5.90 Å². The molecule has 0 aliphatic rings. The van der Waals surface area contributed by atoms with Crippen molar-refractivity contribution in [2.45, 2.75) is 13.8 Å². The van der Waals surface area contributed by atoms with E-state index in [0.29, 0.717) is 0 Å². The highest BCUT2D eigenvalue weighted by Gasteiger charge is 2.05. The van der Waals surface area contributed by atoms with E-state index in [2.05, 4.69) is 15.9 Å². The first kappa shape index (κ1) is 10.3. The standard InChI is InChI=1S/C10H12BrNO/c1-6-4-8(10(12)13-3)5-7(2)9(6)11/h4-5,12H,1-3H3. The predicted molar refractivity (Wildman–Crippen MR) is 57.5 cm³/mol. The van der Waals surface area contributed by atoms with Gasteiger partial charge in [-0.25, -0.2) is 0 Å². The van der Waals surface area contributed by atoms with Crippen LogP contribution in [0.25, 0.3) is 0 Å². The number of nitrogens with one attached hydrogen (secondary N) is 1. The fourth-order valence-electron chi connectivity index (χ4n) is 1.19. The Morgan fingerprint density at radius 2 is 1.77 bits per heavy atom. The molecule has 0 aliphatic heterocycles. The largest absolute Gasteiger partial charge is 0.481 e. The van der Waals surface area contributed by atoms with E-state index in [4.69, 9.17) is 10.1 Å². The first-order chi connectivity index (χ1) is 6.06. The number of methoxy groups -OCH3 is 1. The average molecular weight is 242 g/mol. The molecule has 0 saturated heterocycles. The zero-order chi connectivity index (χ0) is 10.0. The van der Waals surface area contributed by atoms with Crippen LogP contribution in [0.2, 0.25) is 0 Å². The second-order valence-electron chi connectivity index (χ2n) is 2.96. The van der Waals surface area contributed by atoms with Crippen molar-refractivity contribution in [3.05, 3.63) is 33.3 Å². The molecular weight excluding hydrogens is 230 g/mol. The molecular formula is C10H12BrNO. The number of aryl methyl sites for hydroxylation is 2. The van der Waals surface area contributed by atoms with Crippen LogP contribution in [0.15, 0.2) is 16.6 Å². The van der Waals surface area contributed by atoms with Crippen LogP contribution in [-0.2, 0) is 4.74 Å². The highest BCUT2D eigenvalue weighted by molar-refractivity contribution is 9.10. The number of hydrogen-bond acceptors (Lipinski definition) is 2. The van der Waals surface area contributed by atoms with Gasteiger partial charge in [0.05, 0.1) is 7.11 Å². The summed E-state index contributed by atoms with van der Waals surface area (Å²) in [5.41, 5.74) is 3.06. The summed E-state index contributed by atoms with van der Waals surface area (Å²) in [6, 6.07) is 3.87. The lowest BCUT2D eigenvalue weighted by Crippen LogP contribution is -2.02. The number of ether oxygens (including phenoxy) is 1. The summed E-state index contributed by atoms with van der Waals surface area (Å²) < 4.78 is 5.95. The van der Waals surface area contributed by atoms with E-state index >= 15 is 0 Å². The van der Waals surface area contributed by atoms with Gasteiger partial charge in [0.1, 0.15) is 0 Å². The Bertz CT molecular complexity index is 324. The minimum Gasteiger partial charge on any atom is -0.481 e. The minimum atomic E-state index is 0.207. The summed E-state index contributed by atoms with van der Waals surface area (Å²) in [4.78, 5) is 0. The van der Waals surface area contributed by atoms with Gasteiger partial charge in [-0.05, 0) is 37.1 Å². The molecule has 2 nitrogen and oxygen atoms in total. The van der Waals surface area contributed by atoms with Gasteiger partial charge < -0.3 is 4.74 Å². The topological polar surface area (TPSA) is 33.1 Å². The van der Waals surface area contributed by atoms with Crippen LogP contribution in [0.4, 0.5) is 0 Å². The molecule has 3 heteroatoms. The van der Waals surface area contributed by atoms with Crippen molar-refractivity contribution in [3.8, 4) is 0 Å². The fourth-order valence-corrected chi connectivity index (χ4v) is 1.42. The zero-order valence-electron chi connectivity index (χ0n) is 7.94. The van der Waals surface area contributed by atoms with E-state index in [0.717, 1.165) is 21.2 Å². The maximum atomic E-state index is 7.50. The van der Waals surface area contributed by atoms with E-state index in [1.807, 2.05) is 26.0 Å². The monoisotopic (exact) mass is 241 g/mol. The van der Waals surface area contributed by atoms with Crippen LogP contribution < -0.4 is 0 Å². The van der Waals surface area contributed by atoms with Crippen LogP contribution >= 0.6 is 15.9 Å². The molecule has 0 aliphatic carbocycles. The van der Waals surface area contributed by atoms with E-state index in [1.165, 1.54) is 7.11 Å². The molecule has 0 spiro atoms. The quantitative estimate of drug-likeness (QED) is 0.595. The molecule has 0 radical (unpaired) electrons. The van der Waals surface area contributed by atoms with Gasteiger partial charge in [-0.1, -0.05) is 15.9 Å². The van der Waals surface area contributed by atoms with Crippen LogP contribution in [0.1, 0.15) is 16.7 Å². The normalized spacial score (nSPS) is 9.85. The first-order valence-electron chi connectivity index (χ1n) is 3.96. The van der Waals surface area contributed by atoms with Gasteiger partial charge in [0.15, 0.2) is 0 Å². The van der Waals surface area contributed by atoms with Crippen LogP contribution in [-0.4, -0.2) is 13.0 Å². The van der Waals surface area contributed by atoms with Crippen molar-refractivity contribution >= 4 is 21.8 Å². The Hall–Kier alpha value is -0.830. The molecule has 0 bridgehead atoms. The number of hydrogen-bond donors (Lipinski definition) is 1. The van der Waals surface area contributed by atoms with Gasteiger partial charge in [0, 0.05) is 10.0 Å². The summed E-state index contributed by atoms with van der Waals surface area (Å²) in [5, 5.41) is 7.50. The Balaban J connectivity index is 3.20. The molecule has 0 unspecified atom stereocenters. The molecule has 1 N–H and O–H groups in total. The number of halogens is 1. The molecule has 0 amide bonds. The van der Waals surface area contributed by atoms with Gasteiger partial charge in [0.25, 0.3) is 0 Å². The molecule has 1 aromatic rings. The summed E-state index contributed by atoms with van der Waals surface area (Å²) in [6.45, 7) is 4.01.